The average molecular weight is 488 g/mol. The maximum atomic E-state index is 13.9. The highest BCUT2D eigenvalue weighted by Gasteiger charge is 2.40. The Hall–Kier alpha value is -3.40. The molecule has 184 valence electrons. The normalized spacial score (nSPS) is 20.1. The summed E-state index contributed by atoms with van der Waals surface area (Å²) in [6, 6.07) is 14.1. The first-order valence-electron chi connectivity index (χ1n) is 11.5. The Labute approximate surface area is 199 Å². The van der Waals surface area contributed by atoms with Crippen LogP contribution in [0.2, 0.25) is 0 Å². The number of para-hydroxylation sites is 1. The molecular weight excluding hydrogens is 462 g/mol. The van der Waals surface area contributed by atoms with Crippen molar-refractivity contribution in [2.75, 3.05) is 25.0 Å². The van der Waals surface area contributed by atoms with E-state index in [9.17, 15) is 22.4 Å². The Morgan fingerprint density at radius 3 is 2.60 bits per heavy atom. The van der Waals surface area contributed by atoms with Gasteiger partial charge < -0.3 is 5.32 Å². The second-order valence-electron chi connectivity index (χ2n) is 9.05. The van der Waals surface area contributed by atoms with Gasteiger partial charge in [0, 0.05) is 24.6 Å². The molecule has 0 unspecified atom stereocenters. The topological polar surface area (TPSA) is 62.2 Å². The molecule has 2 N–H and O–H groups in total. The summed E-state index contributed by atoms with van der Waals surface area (Å²) in [4.78, 5) is 14.3. The molecule has 35 heavy (non-hydrogen) atoms. The van der Waals surface area contributed by atoms with Gasteiger partial charge in [-0.15, -0.1) is 0 Å². The van der Waals surface area contributed by atoms with Crippen molar-refractivity contribution in [1.82, 2.24) is 20.0 Å². The minimum Gasteiger partial charge on any atom is -0.333 e. The number of rotatable bonds is 5. The highest BCUT2D eigenvalue weighted by molar-refractivity contribution is 5.90. The average Bonchev–Trinajstić information content (AvgIpc) is 3.49. The zero-order chi connectivity index (χ0) is 24.6. The molecule has 1 aliphatic heterocycles. The van der Waals surface area contributed by atoms with E-state index < -0.39 is 36.5 Å². The number of urea groups is 1. The molecule has 1 aromatic heterocycles. The number of halogens is 4. The lowest BCUT2D eigenvalue weighted by molar-refractivity contribution is -0.143. The predicted molar refractivity (Wildman–Crippen MR) is 123 cm³/mol. The van der Waals surface area contributed by atoms with Gasteiger partial charge in [-0.2, -0.15) is 18.3 Å². The van der Waals surface area contributed by atoms with Crippen molar-refractivity contribution in [2.45, 2.75) is 37.4 Å². The second-order valence-corrected chi connectivity index (χ2v) is 9.05. The summed E-state index contributed by atoms with van der Waals surface area (Å²) in [6.07, 6.45) is -1.82. The van der Waals surface area contributed by atoms with Crippen LogP contribution < -0.4 is 10.6 Å². The molecule has 2 aliphatic rings. The molecule has 2 heterocycles. The quantitative estimate of drug-likeness (QED) is 0.515. The first-order chi connectivity index (χ1) is 16.8. The first-order valence-corrected chi connectivity index (χ1v) is 11.5. The van der Waals surface area contributed by atoms with E-state index in [-0.39, 0.29) is 13.1 Å². The number of fused-ring (bicyclic) bond motifs is 1. The van der Waals surface area contributed by atoms with E-state index in [4.69, 9.17) is 0 Å². The second kappa shape index (κ2) is 9.33. The van der Waals surface area contributed by atoms with Crippen LogP contribution in [0.4, 0.5) is 28.2 Å². The molecule has 1 aliphatic carbocycles. The smallest absolute Gasteiger partial charge is 0.333 e. The fourth-order valence-corrected chi connectivity index (χ4v) is 5.08. The summed E-state index contributed by atoms with van der Waals surface area (Å²) < 4.78 is 54.7. The Balaban J connectivity index is 1.37. The van der Waals surface area contributed by atoms with Crippen LogP contribution >= 0.6 is 0 Å². The third kappa shape index (κ3) is 5.17. The van der Waals surface area contributed by atoms with Gasteiger partial charge in [-0.1, -0.05) is 30.3 Å². The lowest BCUT2D eigenvalue weighted by Gasteiger charge is -2.21. The number of likely N-dealkylation sites (tertiary alicyclic amines) is 1. The largest absolute Gasteiger partial charge is 0.401 e. The van der Waals surface area contributed by atoms with Crippen LogP contribution in [0.3, 0.4) is 0 Å². The fraction of sp³-hybridized carbons (Fsp3) is 0.360. The number of alkyl halides is 3. The molecule has 0 spiro atoms. The standard InChI is InChI=1S/C25H25F4N5O/c26-17-7-4-6-16(12-17)20-13-33(15-25(27,28)29)14-22(20)30-24(35)31-23-19-10-5-11-21(19)32-34(23)18-8-2-1-3-9-18/h1-4,6-9,12,20,22H,5,10-11,13-15H2,(H2,30,31,35)/t20-,22+/m1/s1. The summed E-state index contributed by atoms with van der Waals surface area (Å²) in [5.74, 6) is -0.389. The number of carbonyl (C=O) groups is 1. The Kier molecular flexibility index (Phi) is 6.22. The van der Waals surface area contributed by atoms with Crippen molar-refractivity contribution in [2.24, 2.45) is 0 Å². The molecule has 1 fully saturated rings. The van der Waals surface area contributed by atoms with Gasteiger partial charge in [0.25, 0.3) is 0 Å². The van der Waals surface area contributed by atoms with Crippen LogP contribution in [0.5, 0.6) is 0 Å². The van der Waals surface area contributed by atoms with Crippen LogP contribution in [0.15, 0.2) is 54.6 Å². The minimum atomic E-state index is -4.37. The van der Waals surface area contributed by atoms with Crippen LogP contribution in [-0.4, -0.2) is 52.6 Å². The molecular formula is C25H25F4N5O. The zero-order valence-corrected chi connectivity index (χ0v) is 18.9. The van der Waals surface area contributed by atoms with E-state index in [2.05, 4.69) is 15.7 Å². The first kappa shape index (κ1) is 23.3. The van der Waals surface area contributed by atoms with Gasteiger partial charge in [0.05, 0.1) is 24.0 Å². The third-order valence-electron chi connectivity index (χ3n) is 6.53. The summed E-state index contributed by atoms with van der Waals surface area (Å²) >= 11 is 0. The number of aromatic nitrogens is 2. The molecule has 0 bridgehead atoms. The summed E-state index contributed by atoms with van der Waals surface area (Å²) in [7, 11) is 0. The Morgan fingerprint density at radius 1 is 1.06 bits per heavy atom. The van der Waals surface area contributed by atoms with Gasteiger partial charge in [0.1, 0.15) is 11.6 Å². The monoisotopic (exact) mass is 487 g/mol. The number of nitrogens with one attached hydrogen (secondary N) is 2. The third-order valence-corrected chi connectivity index (χ3v) is 6.53. The highest BCUT2D eigenvalue weighted by Crippen LogP contribution is 2.32. The maximum Gasteiger partial charge on any atom is 0.401 e. The highest BCUT2D eigenvalue weighted by atomic mass is 19.4. The van der Waals surface area contributed by atoms with Crippen molar-refractivity contribution in [3.63, 3.8) is 0 Å². The minimum absolute atomic E-state index is 0.00413. The lowest BCUT2D eigenvalue weighted by Crippen LogP contribution is -2.43. The molecule has 3 aromatic rings. The zero-order valence-electron chi connectivity index (χ0n) is 18.9. The van der Waals surface area contributed by atoms with Crippen LogP contribution in [0, 0.1) is 5.82 Å². The van der Waals surface area contributed by atoms with Gasteiger partial charge in [-0.05, 0) is 49.1 Å². The molecule has 1 saturated heterocycles. The summed E-state index contributed by atoms with van der Waals surface area (Å²) in [6.45, 7) is -1.03. The van der Waals surface area contributed by atoms with E-state index in [0.717, 1.165) is 36.2 Å². The van der Waals surface area contributed by atoms with Crippen molar-refractivity contribution < 1.29 is 22.4 Å². The van der Waals surface area contributed by atoms with Gasteiger partial charge in [0.15, 0.2) is 0 Å². The number of amides is 2. The van der Waals surface area contributed by atoms with Crippen LogP contribution in [-0.2, 0) is 12.8 Å². The predicted octanol–water partition coefficient (Wildman–Crippen LogP) is 4.65. The lowest BCUT2D eigenvalue weighted by atomic mass is 9.94. The van der Waals surface area contributed by atoms with Gasteiger partial charge in [-0.25, -0.2) is 13.9 Å². The number of aryl methyl sites for hydroxylation is 1. The molecule has 0 saturated carbocycles. The van der Waals surface area contributed by atoms with E-state index in [1.807, 2.05) is 30.3 Å². The van der Waals surface area contributed by atoms with E-state index >= 15 is 0 Å². The molecule has 0 radical (unpaired) electrons. The fourth-order valence-electron chi connectivity index (χ4n) is 5.08. The molecule has 6 nitrogen and oxygen atoms in total. The van der Waals surface area contributed by atoms with E-state index in [1.165, 1.54) is 23.1 Å². The molecule has 2 atom stereocenters. The summed E-state index contributed by atoms with van der Waals surface area (Å²) in [5, 5.41) is 10.4. The van der Waals surface area contributed by atoms with Gasteiger partial charge in [-0.3, -0.25) is 10.2 Å². The van der Waals surface area contributed by atoms with Gasteiger partial charge >= 0.3 is 12.2 Å². The van der Waals surface area contributed by atoms with E-state index in [0.29, 0.717) is 11.4 Å². The Bertz CT molecular complexity index is 1210. The number of hydrogen-bond donors (Lipinski definition) is 2. The van der Waals surface area contributed by atoms with Crippen molar-refractivity contribution >= 4 is 11.8 Å². The van der Waals surface area contributed by atoms with Crippen molar-refractivity contribution in [3.05, 3.63) is 77.2 Å². The number of nitrogens with zero attached hydrogens (tertiary/aromatic N) is 3. The maximum absolute atomic E-state index is 13.9. The SMILES string of the molecule is O=C(Nc1c2c(nn1-c1ccccc1)CCC2)N[C@H]1CN(CC(F)(F)F)C[C@@H]1c1cccc(F)c1. The summed E-state index contributed by atoms with van der Waals surface area (Å²) in [5.41, 5.74) is 3.25. The molecule has 2 aromatic carbocycles. The van der Waals surface area contributed by atoms with Gasteiger partial charge in [0.2, 0.25) is 0 Å². The molecule has 2 amide bonds. The number of anilines is 1. The van der Waals surface area contributed by atoms with Crippen molar-refractivity contribution in [3.8, 4) is 5.69 Å². The number of carbonyl (C=O) groups excluding carboxylic acids is 1. The number of benzene rings is 2. The van der Waals surface area contributed by atoms with Crippen LogP contribution in [0.25, 0.3) is 5.69 Å². The molecule has 10 heteroatoms. The molecule has 5 rings (SSSR count). The number of hydrogen-bond acceptors (Lipinski definition) is 3. The Morgan fingerprint density at radius 2 is 1.86 bits per heavy atom. The van der Waals surface area contributed by atoms with Crippen LogP contribution in [0.1, 0.15) is 29.2 Å². The van der Waals surface area contributed by atoms with E-state index in [1.54, 1.807) is 10.7 Å². The van der Waals surface area contributed by atoms with Crippen molar-refractivity contribution in [1.29, 1.82) is 0 Å².